The van der Waals surface area contributed by atoms with Crippen molar-refractivity contribution in [1.82, 2.24) is 14.5 Å². The van der Waals surface area contributed by atoms with Crippen molar-refractivity contribution in [2.75, 3.05) is 0 Å². The Morgan fingerprint density at radius 2 is 1.95 bits per heavy atom. The Hall–Kier alpha value is -2.49. The Balaban J connectivity index is 2.11. The van der Waals surface area contributed by atoms with Gasteiger partial charge in [-0.05, 0) is 30.5 Å². The molecule has 1 aliphatic heterocycles. The molecule has 22 heavy (non-hydrogen) atoms. The van der Waals surface area contributed by atoms with Gasteiger partial charge >= 0.3 is 0 Å². The Morgan fingerprint density at radius 3 is 2.77 bits per heavy atom. The first-order chi connectivity index (χ1) is 10.6. The molecule has 1 aromatic carbocycles. The first-order valence-electron chi connectivity index (χ1n) is 7.54. The SMILES string of the molecule is Cc1cc(-c2c(C)c(C)cc3c2-n2ccnc2C3)[n+](C)cn1. The lowest BCUT2D eigenvalue weighted by molar-refractivity contribution is -0.663. The third-order valence-electron chi connectivity index (χ3n) is 4.62. The second-order valence-electron chi connectivity index (χ2n) is 6.12. The van der Waals surface area contributed by atoms with Crippen LogP contribution in [0.4, 0.5) is 0 Å². The predicted molar refractivity (Wildman–Crippen MR) is 85.0 cm³/mol. The lowest BCUT2D eigenvalue weighted by Gasteiger charge is -2.16. The van der Waals surface area contributed by atoms with Crippen LogP contribution in [0.2, 0.25) is 0 Å². The standard InChI is InChI=1S/C18H19N4/c1-11-7-14-9-16-19-5-6-22(16)18(14)17(13(11)3)15-8-12(2)20-10-21(15)4/h5-8,10H,9H2,1-4H3/q+1. The molecular weight excluding hydrogens is 272 g/mol. The molecule has 4 nitrogen and oxygen atoms in total. The van der Waals surface area contributed by atoms with Crippen LogP contribution in [0.5, 0.6) is 0 Å². The average molecular weight is 291 g/mol. The highest BCUT2D eigenvalue weighted by atomic mass is 15.1. The number of imidazole rings is 1. The smallest absolute Gasteiger partial charge is 0.286 e. The van der Waals surface area contributed by atoms with Gasteiger partial charge in [0, 0.05) is 37.4 Å². The Labute approximate surface area is 130 Å². The van der Waals surface area contributed by atoms with E-state index in [9.17, 15) is 0 Å². The van der Waals surface area contributed by atoms with Gasteiger partial charge in [0.2, 0.25) is 0 Å². The van der Waals surface area contributed by atoms with Gasteiger partial charge in [0.1, 0.15) is 11.5 Å². The zero-order valence-corrected chi connectivity index (χ0v) is 13.4. The third-order valence-corrected chi connectivity index (χ3v) is 4.62. The van der Waals surface area contributed by atoms with Crippen LogP contribution in [0, 0.1) is 20.8 Å². The fourth-order valence-corrected chi connectivity index (χ4v) is 3.36. The van der Waals surface area contributed by atoms with Crippen LogP contribution in [-0.2, 0) is 13.5 Å². The van der Waals surface area contributed by atoms with Crippen molar-refractivity contribution < 1.29 is 4.57 Å². The van der Waals surface area contributed by atoms with Crippen molar-refractivity contribution in [3.8, 4) is 16.9 Å². The summed E-state index contributed by atoms with van der Waals surface area (Å²) in [5.74, 6) is 1.12. The van der Waals surface area contributed by atoms with Crippen LogP contribution in [0.1, 0.15) is 28.2 Å². The molecule has 0 atom stereocenters. The predicted octanol–water partition coefficient (Wildman–Crippen LogP) is 2.59. The van der Waals surface area contributed by atoms with Gasteiger partial charge < -0.3 is 4.57 Å². The van der Waals surface area contributed by atoms with Gasteiger partial charge in [-0.25, -0.2) is 9.55 Å². The molecule has 0 N–H and O–H groups in total. The number of rotatable bonds is 1. The number of aryl methyl sites for hydroxylation is 3. The molecule has 0 amide bonds. The van der Waals surface area contributed by atoms with E-state index < -0.39 is 0 Å². The van der Waals surface area contributed by atoms with Crippen LogP contribution in [0.25, 0.3) is 16.9 Å². The first kappa shape index (κ1) is 13.2. The summed E-state index contributed by atoms with van der Waals surface area (Å²) in [6.45, 7) is 6.43. The largest absolute Gasteiger partial charge is 0.302 e. The highest BCUT2D eigenvalue weighted by molar-refractivity contribution is 5.77. The zero-order valence-electron chi connectivity index (χ0n) is 13.4. The van der Waals surface area contributed by atoms with E-state index in [1.807, 2.05) is 19.4 Å². The van der Waals surface area contributed by atoms with Crippen LogP contribution in [0.15, 0.2) is 30.9 Å². The van der Waals surface area contributed by atoms with E-state index in [1.165, 1.54) is 33.6 Å². The van der Waals surface area contributed by atoms with Crippen LogP contribution in [-0.4, -0.2) is 14.5 Å². The number of hydrogen-bond donors (Lipinski definition) is 0. The van der Waals surface area contributed by atoms with E-state index in [-0.39, 0.29) is 0 Å². The quantitative estimate of drug-likeness (QED) is 0.505. The summed E-state index contributed by atoms with van der Waals surface area (Å²) < 4.78 is 4.33. The normalized spacial score (nSPS) is 12.4. The van der Waals surface area contributed by atoms with Crippen LogP contribution < -0.4 is 4.57 Å². The maximum absolute atomic E-state index is 4.49. The molecule has 3 aromatic rings. The van der Waals surface area contributed by atoms with Gasteiger partial charge in [-0.3, -0.25) is 0 Å². The Kier molecular flexibility index (Phi) is 2.70. The maximum atomic E-state index is 4.49. The molecule has 2 aromatic heterocycles. The minimum Gasteiger partial charge on any atom is -0.302 e. The average Bonchev–Trinajstić information content (AvgIpc) is 3.04. The van der Waals surface area contributed by atoms with Gasteiger partial charge in [0.25, 0.3) is 6.33 Å². The fraction of sp³-hybridized carbons (Fsp3) is 0.278. The molecule has 0 saturated heterocycles. The molecule has 0 radical (unpaired) electrons. The van der Waals surface area contributed by atoms with Crippen molar-refractivity contribution in [3.63, 3.8) is 0 Å². The summed E-state index contributed by atoms with van der Waals surface area (Å²) in [5.41, 5.74) is 8.81. The maximum Gasteiger partial charge on any atom is 0.286 e. The van der Waals surface area contributed by atoms with Gasteiger partial charge in [-0.2, -0.15) is 0 Å². The topological polar surface area (TPSA) is 34.6 Å². The molecular formula is C18H19N4+. The monoisotopic (exact) mass is 291 g/mol. The van der Waals surface area contributed by atoms with E-state index in [0.29, 0.717) is 0 Å². The lowest BCUT2D eigenvalue weighted by Crippen LogP contribution is -2.32. The molecule has 4 heteroatoms. The first-order valence-corrected chi connectivity index (χ1v) is 7.54. The van der Waals surface area contributed by atoms with Crippen molar-refractivity contribution in [2.24, 2.45) is 7.05 Å². The highest BCUT2D eigenvalue weighted by Crippen LogP contribution is 2.38. The number of fused-ring (bicyclic) bond motifs is 3. The number of nitrogens with zero attached hydrogens (tertiary/aromatic N) is 4. The third kappa shape index (κ3) is 1.73. The molecule has 0 unspecified atom stereocenters. The summed E-state index contributed by atoms with van der Waals surface area (Å²) in [6.07, 6.45) is 6.75. The van der Waals surface area contributed by atoms with Crippen molar-refractivity contribution >= 4 is 0 Å². The molecule has 3 heterocycles. The van der Waals surface area contributed by atoms with Gasteiger partial charge in [-0.15, -0.1) is 0 Å². The summed E-state index contributed by atoms with van der Waals surface area (Å²) in [4.78, 5) is 8.88. The van der Waals surface area contributed by atoms with E-state index in [2.05, 4.69) is 58.3 Å². The van der Waals surface area contributed by atoms with E-state index in [0.717, 1.165) is 17.9 Å². The van der Waals surface area contributed by atoms with Crippen molar-refractivity contribution in [2.45, 2.75) is 27.2 Å². The Bertz CT molecular complexity index is 906. The molecule has 0 bridgehead atoms. The summed E-state index contributed by atoms with van der Waals surface area (Å²) in [7, 11) is 2.06. The van der Waals surface area contributed by atoms with E-state index in [1.54, 1.807) is 0 Å². The second kappa shape index (κ2) is 4.50. The number of benzene rings is 1. The number of hydrogen-bond acceptors (Lipinski definition) is 2. The lowest BCUT2D eigenvalue weighted by atomic mass is 9.94. The van der Waals surface area contributed by atoms with E-state index >= 15 is 0 Å². The number of aromatic nitrogens is 4. The highest BCUT2D eigenvalue weighted by Gasteiger charge is 2.27. The molecule has 0 aliphatic carbocycles. The zero-order chi connectivity index (χ0) is 15.4. The molecule has 0 spiro atoms. The molecule has 4 rings (SSSR count). The van der Waals surface area contributed by atoms with Crippen LogP contribution in [0.3, 0.4) is 0 Å². The fourth-order valence-electron chi connectivity index (χ4n) is 3.36. The second-order valence-corrected chi connectivity index (χ2v) is 6.12. The molecule has 0 fully saturated rings. The minimum absolute atomic E-state index is 0.907. The molecule has 0 saturated carbocycles. The van der Waals surface area contributed by atoms with Gasteiger partial charge in [-0.1, -0.05) is 11.1 Å². The molecule has 1 aliphatic rings. The Morgan fingerprint density at radius 1 is 1.14 bits per heavy atom. The minimum atomic E-state index is 0.907. The van der Waals surface area contributed by atoms with Crippen LogP contribution >= 0.6 is 0 Å². The van der Waals surface area contributed by atoms with E-state index in [4.69, 9.17) is 0 Å². The van der Waals surface area contributed by atoms with Crippen molar-refractivity contribution in [1.29, 1.82) is 0 Å². The van der Waals surface area contributed by atoms with Gasteiger partial charge in [0.05, 0.1) is 12.7 Å². The van der Waals surface area contributed by atoms with Crippen molar-refractivity contribution in [3.05, 3.63) is 59.1 Å². The summed E-state index contributed by atoms with van der Waals surface area (Å²) >= 11 is 0. The summed E-state index contributed by atoms with van der Waals surface area (Å²) in [6, 6.07) is 4.47. The summed E-state index contributed by atoms with van der Waals surface area (Å²) in [5, 5.41) is 0. The van der Waals surface area contributed by atoms with Gasteiger partial charge in [0.15, 0.2) is 5.69 Å². The molecule has 110 valence electrons.